The van der Waals surface area contributed by atoms with Gasteiger partial charge in [0.05, 0.1) is 11.7 Å². The van der Waals surface area contributed by atoms with Crippen molar-refractivity contribution in [3.8, 4) is 11.3 Å². The third-order valence-electron chi connectivity index (χ3n) is 1.71. The molecule has 0 aliphatic heterocycles. The van der Waals surface area contributed by atoms with Gasteiger partial charge in [-0.05, 0) is 12.1 Å². The highest BCUT2D eigenvalue weighted by Crippen LogP contribution is 2.27. The Bertz CT molecular complexity index is 491. The van der Waals surface area contributed by atoms with E-state index in [0.29, 0.717) is 0 Å². The van der Waals surface area contributed by atoms with Crippen LogP contribution in [0.25, 0.3) is 11.3 Å². The predicted octanol–water partition coefficient (Wildman–Crippen LogP) is 3.28. The zero-order valence-electron chi connectivity index (χ0n) is 6.97. The van der Waals surface area contributed by atoms with E-state index in [0.717, 1.165) is 23.9 Å². The van der Waals surface area contributed by atoms with Crippen LogP contribution in [0.3, 0.4) is 0 Å². The van der Waals surface area contributed by atoms with Crippen LogP contribution in [-0.2, 0) is 0 Å². The van der Waals surface area contributed by atoms with Crippen molar-refractivity contribution in [1.29, 1.82) is 0 Å². The average Bonchev–Trinajstić information content (AvgIpc) is 2.60. The fraction of sp³-hybridized carbons (Fsp3) is 0. The van der Waals surface area contributed by atoms with Gasteiger partial charge in [0.15, 0.2) is 22.6 Å². The molecule has 7 heteroatoms. The van der Waals surface area contributed by atoms with Gasteiger partial charge in [-0.15, -0.1) is 0 Å². The molecule has 0 atom stereocenters. The van der Waals surface area contributed by atoms with Crippen LogP contribution in [0, 0.1) is 17.5 Å². The molecule has 0 fully saturated rings. The summed E-state index contributed by atoms with van der Waals surface area (Å²) >= 11 is 6.42. The summed E-state index contributed by atoms with van der Waals surface area (Å²) in [5, 5.41) is 0.0328. The lowest BCUT2D eigenvalue weighted by molar-refractivity contribution is 0.447. The van der Waals surface area contributed by atoms with Crippen molar-refractivity contribution in [3.63, 3.8) is 0 Å². The van der Waals surface area contributed by atoms with Gasteiger partial charge in [-0.1, -0.05) is 11.6 Å². The van der Waals surface area contributed by atoms with Crippen LogP contribution in [-0.4, -0.2) is 8.75 Å². The maximum Gasteiger partial charge on any atom is 0.194 e. The molecular formula is C8H2ClF3N2S. The van der Waals surface area contributed by atoms with Gasteiger partial charge in [0.2, 0.25) is 0 Å². The van der Waals surface area contributed by atoms with Crippen molar-refractivity contribution < 1.29 is 13.2 Å². The Morgan fingerprint density at radius 1 is 1.07 bits per heavy atom. The minimum absolute atomic E-state index is 0.0328. The summed E-state index contributed by atoms with van der Waals surface area (Å²) < 4.78 is 45.7. The van der Waals surface area contributed by atoms with Gasteiger partial charge >= 0.3 is 0 Å². The summed E-state index contributed by atoms with van der Waals surface area (Å²) in [5.41, 5.74) is 0.199. The number of halogens is 4. The first-order valence-electron chi connectivity index (χ1n) is 3.72. The molecule has 0 radical (unpaired) electrons. The van der Waals surface area contributed by atoms with Crippen molar-refractivity contribution in [3.05, 3.63) is 34.7 Å². The topological polar surface area (TPSA) is 25.8 Å². The van der Waals surface area contributed by atoms with E-state index in [1.807, 2.05) is 0 Å². The Labute approximate surface area is 91.7 Å². The molecule has 0 spiro atoms. The lowest BCUT2D eigenvalue weighted by atomic mass is 10.1. The number of benzene rings is 1. The first kappa shape index (κ1) is 10.4. The van der Waals surface area contributed by atoms with E-state index in [4.69, 9.17) is 11.6 Å². The second kappa shape index (κ2) is 3.79. The van der Waals surface area contributed by atoms with Crippen molar-refractivity contribution in [1.82, 2.24) is 8.75 Å². The lowest BCUT2D eigenvalue weighted by Gasteiger charge is -1.99. The minimum Gasteiger partial charge on any atom is -0.204 e. The minimum atomic E-state index is -1.52. The maximum absolute atomic E-state index is 12.9. The number of hydrogen-bond acceptors (Lipinski definition) is 3. The van der Waals surface area contributed by atoms with Gasteiger partial charge in [-0.25, -0.2) is 13.2 Å². The van der Waals surface area contributed by atoms with E-state index >= 15 is 0 Å². The molecule has 2 aromatic rings. The second-order valence-electron chi connectivity index (χ2n) is 2.66. The smallest absolute Gasteiger partial charge is 0.194 e. The molecule has 1 aromatic heterocycles. The van der Waals surface area contributed by atoms with Gasteiger partial charge in [0.1, 0.15) is 5.69 Å². The van der Waals surface area contributed by atoms with E-state index in [1.54, 1.807) is 0 Å². The van der Waals surface area contributed by atoms with Crippen LogP contribution in [0.4, 0.5) is 13.2 Å². The average molecular weight is 251 g/mol. The van der Waals surface area contributed by atoms with Gasteiger partial charge in [-0.3, -0.25) is 0 Å². The van der Waals surface area contributed by atoms with Crippen LogP contribution >= 0.6 is 23.3 Å². The third kappa shape index (κ3) is 1.82. The van der Waals surface area contributed by atoms with E-state index in [9.17, 15) is 13.2 Å². The lowest BCUT2D eigenvalue weighted by Crippen LogP contribution is -1.92. The molecular weight excluding hydrogens is 249 g/mol. The summed E-state index contributed by atoms with van der Waals surface area (Å²) in [6.45, 7) is 0. The standard InChI is InChI=1S/C8H2ClF3N2S/c9-8-7(13-15-14-8)3-1-4(10)6(12)5(11)2-3/h1-2H. The van der Waals surface area contributed by atoms with Gasteiger partial charge in [0, 0.05) is 5.56 Å². The number of hydrogen-bond donors (Lipinski definition) is 0. The highest BCUT2D eigenvalue weighted by molar-refractivity contribution is 6.99. The Hall–Kier alpha value is -1.14. The van der Waals surface area contributed by atoms with Crippen molar-refractivity contribution in [2.45, 2.75) is 0 Å². The molecule has 2 nitrogen and oxygen atoms in total. The van der Waals surface area contributed by atoms with E-state index in [2.05, 4.69) is 8.75 Å². The Morgan fingerprint density at radius 3 is 2.13 bits per heavy atom. The summed E-state index contributed by atoms with van der Waals surface area (Å²) in [4.78, 5) is 0. The van der Waals surface area contributed by atoms with Gasteiger partial charge in [-0.2, -0.15) is 8.75 Å². The molecule has 0 amide bonds. The summed E-state index contributed by atoms with van der Waals surface area (Å²) in [6.07, 6.45) is 0. The molecule has 0 aliphatic rings. The largest absolute Gasteiger partial charge is 0.204 e. The first-order valence-corrected chi connectivity index (χ1v) is 4.83. The molecule has 0 saturated heterocycles. The highest BCUT2D eigenvalue weighted by Gasteiger charge is 2.15. The van der Waals surface area contributed by atoms with Crippen LogP contribution < -0.4 is 0 Å². The van der Waals surface area contributed by atoms with E-state index in [1.165, 1.54) is 0 Å². The highest BCUT2D eigenvalue weighted by atomic mass is 35.5. The fourth-order valence-corrected chi connectivity index (χ4v) is 1.81. The maximum atomic E-state index is 12.9. The van der Waals surface area contributed by atoms with Gasteiger partial charge in [0.25, 0.3) is 0 Å². The van der Waals surface area contributed by atoms with Crippen LogP contribution in [0.1, 0.15) is 0 Å². The van der Waals surface area contributed by atoms with Crippen molar-refractivity contribution in [2.24, 2.45) is 0 Å². The zero-order chi connectivity index (χ0) is 11.0. The Kier molecular flexibility index (Phi) is 2.62. The van der Waals surface area contributed by atoms with Crippen molar-refractivity contribution >= 4 is 23.3 Å². The SMILES string of the molecule is Fc1cc(-c2nsnc2Cl)cc(F)c1F. The first-order chi connectivity index (χ1) is 7.09. The predicted molar refractivity (Wildman–Crippen MR) is 50.2 cm³/mol. The molecule has 0 aliphatic carbocycles. The molecule has 78 valence electrons. The van der Waals surface area contributed by atoms with Crippen molar-refractivity contribution in [2.75, 3.05) is 0 Å². The molecule has 0 bridgehead atoms. The molecule has 0 N–H and O–H groups in total. The monoisotopic (exact) mass is 250 g/mol. The normalized spacial score (nSPS) is 10.7. The van der Waals surface area contributed by atoms with Gasteiger partial charge < -0.3 is 0 Å². The third-order valence-corrected chi connectivity index (χ3v) is 2.60. The van der Waals surface area contributed by atoms with Crippen LogP contribution in [0.2, 0.25) is 5.15 Å². The second-order valence-corrected chi connectivity index (χ2v) is 3.54. The fourth-order valence-electron chi connectivity index (χ4n) is 1.04. The molecule has 1 aromatic carbocycles. The van der Waals surface area contributed by atoms with Crippen LogP contribution in [0.5, 0.6) is 0 Å². The Morgan fingerprint density at radius 2 is 1.67 bits per heavy atom. The Balaban J connectivity index is 2.60. The zero-order valence-corrected chi connectivity index (χ0v) is 8.54. The molecule has 0 saturated carbocycles. The molecule has 0 unspecified atom stereocenters. The molecule has 15 heavy (non-hydrogen) atoms. The van der Waals surface area contributed by atoms with Crippen LogP contribution in [0.15, 0.2) is 12.1 Å². The van der Waals surface area contributed by atoms with E-state index in [-0.39, 0.29) is 16.4 Å². The number of nitrogens with zero attached hydrogens (tertiary/aromatic N) is 2. The number of aromatic nitrogens is 2. The summed E-state index contributed by atoms with van der Waals surface area (Å²) in [7, 11) is 0. The van der Waals surface area contributed by atoms with E-state index < -0.39 is 17.5 Å². The quantitative estimate of drug-likeness (QED) is 0.726. The molecule has 2 rings (SSSR count). The number of rotatable bonds is 1. The molecule has 1 heterocycles. The summed E-state index contributed by atoms with van der Waals surface area (Å²) in [6, 6.07) is 1.64. The summed E-state index contributed by atoms with van der Waals surface area (Å²) in [5.74, 6) is -4.08.